The van der Waals surface area contributed by atoms with Crippen molar-refractivity contribution < 1.29 is 29.4 Å². The number of carboxylic acid groups (broad SMARTS) is 2. The van der Waals surface area contributed by atoms with Crippen LogP contribution in [0.4, 0.5) is 0 Å². The van der Waals surface area contributed by atoms with Gasteiger partial charge in [0.25, 0.3) is 11.8 Å². The SMILES string of the molecule is C=CC1=C(C)/C(=C\C2=C(C)[C@H](CCC(=O)O)C(CC3=NC(/C=C4/NC(=O)C(C)=C4C=C)=C(C)[C@@H]3CCC(=O)O)=N2)NC1=O. The number of hydrogen-bond donors (Lipinski definition) is 4. The van der Waals surface area contributed by atoms with E-state index in [1.165, 1.54) is 6.08 Å². The third-order valence-electron chi connectivity index (χ3n) is 8.40. The average Bonchev–Trinajstić information content (AvgIpc) is 3.59. The van der Waals surface area contributed by atoms with Gasteiger partial charge in [-0.05, 0) is 69.4 Å². The molecule has 43 heavy (non-hydrogen) atoms. The molecule has 0 aromatic carbocycles. The smallest absolute Gasteiger partial charge is 0.303 e. The van der Waals surface area contributed by atoms with Crippen LogP contribution in [0.2, 0.25) is 0 Å². The monoisotopic (exact) mass is 584 g/mol. The van der Waals surface area contributed by atoms with Crippen LogP contribution in [0, 0.1) is 11.8 Å². The summed E-state index contributed by atoms with van der Waals surface area (Å²) in [7, 11) is 0. The molecule has 4 heterocycles. The van der Waals surface area contributed by atoms with Gasteiger partial charge in [0.1, 0.15) is 0 Å². The highest BCUT2D eigenvalue weighted by Crippen LogP contribution is 2.38. The third kappa shape index (κ3) is 6.33. The lowest BCUT2D eigenvalue weighted by atomic mass is 9.84. The molecule has 0 radical (unpaired) electrons. The van der Waals surface area contributed by atoms with Crippen LogP contribution in [0.1, 0.15) is 59.8 Å². The first-order chi connectivity index (χ1) is 20.4. The second kappa shape index (κ2) is 12.6. The van der Waals surface area contributed by atoms with Gasteiger partial charge in [-0.1, -0.05) is 25.3 Å². The zero-order valence-electron chi connectivity index (χ0n) is 24.8. The zero-order valence-corrected chi connectivity index (χ0v) is 24.8. The van der Waals surface area contributed by atoms with Crippen molar-refractivity contribution >= 4 is 35.2 Å². The number of carboxylic acids is 2. The molecule has 2 atom stereocenters. The Balaban J connectivity index is 1.71. The molecule has 4 aliphatic heterocycles. The lowest BCUT2D eigenvalue weighted by molar-refractivity contribution is -0.138. The molecule has 0 aromatic heterocycles. The van der Waals surface area contributed by atoms with E-state index in [0.717, 1.165) is 28.1 Å². The number of rotatable bonds is 12. The number of aliphatic carboxylic acids is 2. The zero-order chi connectivity index (χ0) is 31.6. The molecule has 4 rings (SSSR count). The lowest BCUT2D eigenvalue weighted by Gasteiger charge is -2.18. The van der Waals surface area contributed by atoms with E-state index in [-0.39, 0.29) is 36.5 Å². The lowest BCUT2D eigenvalue weighted by Crippen LogP contribution is -2.22. The molecule has 224 valence electrons. The van der Waals surface area contributed by atoms with Crippen LogP contribution in [-0.4, -0.2) is 45.4 Å². The van der Waals surface area contributed by atoms with E-state index in [1.54, 1.807) is 25.2 Å². The fourth-order valence-corrected chi connectivity index (χ4v) is 5.85. The maximum absolute atomic E-state index is 12.3. The predicted molar refractivity (Wildman–Crippen MR) is 164 cm³/mol. The number of amides is 2. The molecule has 10 heteroatoms. The van der Waals surface area contributed by atoms with Crippen molar-refractivity contribution in [3.63, 3.8) is 0 Å². The summed E-state index contributed by atoms with van der Waals surface area (Å²) < 4.78 is 0. The third-order valence-corrected chi connectivity index (χ3v) is 8.40. The highest BCUT2D eigenvalue weighted by Gasteiger charge is 2.34. The fourth-order valence-electron chi connectivity index (χ4n) is 5.85. The van der Waals surface area contributed by atoms with Gasteiger partial charge in [-0.25, -0.2) is 0 Å². The second-order valence-electron chi connectivity index (χ2n) is 11.0. The Morgan fingerprint density at radius 1 is 0.744 bits per heavy atom. The van der Waals surface area contributed by atoms with Crippen LogP contribution in [-0.2, 0) is 19.2 Å². The van der Waals surface area contributed by atoms with Crippen LogP contribution in [0.25, 0.3) is 0 Å². The van der Waals surface area contributed by atoms with Gasteiger partial charge >= 0.3 is 11.9 Å². The first-order valence-electron chi connectivity index (χ1n) is 14.1. The number of hydrogen-bond acceptors (Lipinski definition) is 6. The van der Waals surface area contributed by atoms with Crippen molar-refractivity contribution in [3.8, 4) is 0 Å². The van der Waals surface area contributed by atoms with Gasteiger partial charge in [-0.3, -0.25) is 29.2 Å². The van der Waals surface area contributed by atoms with Crippen molar-refractivity contribution in [2.75, 3.05) is 0 Å². The Morgan fingerprint density at radius 3 is 1.65 bits per heavy atom. The van der Waals surface area contributed by atoms with E-state index in [2.05, 4.69) is 23.8 Å². The van der Waals surface area contributed by atoms with Gasteiger partial charge in [-0.15, -0.1) is 0 Å². The molecular weight excluding hydrogens is 548 g/mol. The molecule has 0 aliphatic carbocycles. The van der Waals surface area contributed by atoms with Crippen molar-refractivity contribution in [1.82, 2.24) is 10.6 Å². The van der Waals surface area contributed by atoms with Crippen LogP contribution in [0.3, 0.4) is 0 Å². The second-order valence-corrected chi connectivity index (χ2v) is 11.0. The van der Waals surface area contributed by atoms with E-state index in [4.69, 9.17) is 9.98 Å². The van der Waals surface area contributed by atoms with Gasteiger partial charge in [-0.2, -0.15) is 0 Å². The molecule has 0 unspecified atom stereocenters. The number of aliphatic imine (C=N–C) groups is 2. The van der Waals surface area contributed by atoms with Gasteiger partial charge in [0.15, 0.2) is 0 Å². The van der Waals surface area contributed by atoms with E-state index in [1.807, 2.05) is 20.8 Å². The average molecular weight is 585 g/mol. The summed E-state index contributed by atoms with van der Waals surface area (Å²) in [6.45, 7) is 14.9. The van der Waals surface area contributed by atoms with Gasteiger partial charge in [0, 0.05) is 64.9 Å². The summed E-state index contributed by atoms with van der Waals surface area (Å²) in [6.07, 6.45) is 7.58. The van der Waals surface area contributed by atoms with Crippen LogP contribution in [0.5, 0.6) is 0 Å². The summed E-state index contributed by atoms with van der Waals surface area (Å²) in [4.78, 5) is 57.4. The van der Waals surface area contributed by atoms with Crippen molar-refractivity contribution in [2.45, 2.75) is 59.8 Å². The molecule has 0 fully saturated rings. The first kappa shape index (κ1) is 31.1. The minimum Gasteiger partial charge on any atom is -0.481 e. The molecule has 10 nitrogen and oxygen atoms in total. The largest absolute Gasteiger partial charge is 0.481 e. The molecule has 0 saturated carbocycles. The standard InChI is InChI=1S/C33H36N4O6/c1-7-20-19(6)32(42)37-27(20)14-25-18(5)23(10-12-31(40)41)29(35-25)15-28-22(9-11-30(38)39)17(4)24(34-28)13-26-16(3)21(8-2)33(43)36-26/h7-8,13-14,22-23H,1-2,9-12,15H2,3-6H3,(H,36,43)(H,37,42)(H,38,39)(H,40,41)/b26-13+,27-14+/t22-,23-/m0/s1. The Bertz CT molecular complexity index is 1610. The van der Waals surface area contributed by atoms with E-state index in [0.29, 0.717) is 58.8 Å². The minimum atomic E-state index is -0.917. The quantitative estimate of drug-likeness (QED) is 0.257. The van der Waals surface area contributed by atoms with Crippen LogP contribution >= 0.6 is 0 Å². The van der Waals surface area contributed by atoms with Gasteiger partial charge < -0.3 is 20.8 Å². The minimum absolute atomic E-state index is 0.0551. The van der Waals surface area contributed by atoms with Crippen molar-refractivity contribution in [1.29, 1.82) is 0 Å². The number of allylic oxidation sites excluding steroid dienone is 6. The molecule has 4 aliphatic rings. The Morgan fingerprint density at radius 2 is 1.21 bits per heavy atom. The van der Waals surface area contributed by atoms with Gasteiger partial charge in [0.05, 0.1) is 17.1 Å². The predicted octanol–water partition coefficient (Wildman–Crippen LogP) is 4.83. The fraction of sp³-hybridized carbons (Fsp3) is 0.333. The van der Waals surface area contributed by atoms with Crippen molar-refractivity contribution in [2.24, 2.45) is 21.8 Å². The Kier molecular flexibility index (Phi) is 9.08. The molecule has 0 saturated heterocycles. The highest BCUT2D eigenvalue weighted by molar-refractivity contribution is 6.11. The van der Waals surface area contributed by atoms with Gasteiger partial charge in [0.2, 0.25) is 0 Å². The number of nitrogens with one attached hydrogen (secondary N) is 2. The number of carbonyl (C=O) groups is 4. The Labute approximate surface area is 250 Å². The molecule has 4 N–H and O–H groups in total. The molecule has 0 bridgehead atoms. The van der Waals surface area contributed by atoms with E-state index < -0.39 is 11.9 Å². The van der Waals surface area contributed by atoms with Crippen molar-refractivity contribution in [3.05, 3.63) is 93.7 Å². The summed E-state index contributed by atoms with van der Waals surface area (Å²) in [6, 6.07) is 0. The maximum Gasteiger partial charge on any atom is 0.303 e. The Hall–Kier alpha value is -4.86. The highest BCUT2D eigenvalue weighted by atomic mass is 16.4. The summed E-state index contributed by atoms with van der Waals surface area (Å²) >= 11 is 0. The maximum atomic E-state index is 12.3. The number of carbonyl (C=O) groups excluding carboxylic acids is 2. The van der Waals surface area contributed by atoms with E-state index >= 15 is 0 Å². The summed E-state index contributed by atoms with van der Waals surface area (Å²) in [5, 5.41) is 24.6. The molecule has 0 aromatic rings. The first-order valence-corrected chi connectivity index (χ1v) is 14.1. The summed E-state index contributed by atoms with van der Waals surface area (Å²) in [5.41, 5.74) is 8.18. The van der Waals surface area contributed by atoms with Crippen LogP contribution in [0.15, 0.2) is 104 Å². The number of nitrogens with zero attached hydrogens (tertiary/aromatic N) is 2. The normalized spacial score (nSPS) is 23.9. The van der Waals surface area contributed by atoms with E-state index in [9.17, 15) is 29.4 Å². The molecule has 0 spiro atoms. The molecular formula is C33H36N4O6. The summed E-state index contributed by atoms with van der Waals surface area (Å²) in [5.74, 6) is -2.81. The topological polar surface area (TPSA) is 158 Å². The molecule has 2 amide bonds. The van der Waals surface area contributed by atoms with Crippen LogP contribution < -0.4 is 10.6 Å².